The molecule has 27 heavy (non-hydrogen) atoms. The molecule has 146 valence electrons. The van der Waals surface area contributed by atoms with Crippen LogP contribution in [0.15, 0.2) is 28.5 Å². The first kappa shape index (κ1) is 21.4. The number of ether oxygens (including phenoxy) is 2. The van der Waals surface area contributed by atoms with E-state index >= 15 is 0 Å². The third-order valence-electron chi connectivity index (χ3n) is 3.81. The highest BCUT2D eigenvalue weighted by Gasteiger charge is 2.34. The van der Waals surface area contributed by atoms with E-state index in [2.05, 4.69) is 4.74 Å². The van der Waals surface area contributed by atoms with Crippen molar-refractivity contribution in [2.75, 3.05) is 21.3 Å². The van der Waals surface area contributed by atoms with E-state index < -0.39 is 22.0 Å². The second-order valence-corrected chi connectivity index (χ2v) is 9.29. The van der Waals surface area contributed by atoms with E-state index in [9.17, 15) is 18.0 Å². The number of methoxy groups -OCH3 is 2. The third-order valence-corrected chi connectivity index (χ3v) is 7.62. The molecule has 1 aromatic carbocycles. The molecule has 0 atom stereocenters. The number of nitrogens with zero attached hydrogens (tertiary/aromatic N) is 1. The zero-order valence-electron chi connectivity index (χ0n) is 15.1. The summed E-state index contributed by atoms with van der Waals surface area (Å²) in [5.41, 5.74) is 0.712. The average Bonchev–Trinajstić information content (AvgIpc) is 2.98. The molecule has 1 heterocycles. The van der Waals surface area contributed by atoms with Gasteiger partial charge in [-0.1, -0.05) is 23.7 Å². The molecular formula is C17H18ClNO6S2. The zero-order valence-corrected chi connectivity index (χ0v) is 17.5. The second kappa shape index (κ2) is 8.39. The predicted molar refractivity (Wildman–Crippen MR) is 102 cm³/mol. The lowest BCUT2D eigenvalue weighted by molar-refractivity contribution is 0.0596. The van der Waals surface area contributed by atoms with Crippen LogP contribution in [0.25, 0.3) is 0 Å². The molecule has 0 bridgehead atoms. The molecule has 1 aromatic heterocycles. The maximum atomic E-state index is 13.1. The normalized spacial score (nSPS) is 11.5. The second-order valence-electron chi connectivity index (χ2n) is 5.59. The lowest BCUT2D eigenvalue weighted by Crippen LogP contribution is -2.27. The van der Waals surface area contributed by atoms with Crippen molar-refractivity contribution < 1.29 is 27.5 Å². The molecule has 0 spiro atoms. The van der Waals surface area contributed by atoms with Gasteiger partial charge in [0.05, 0.1) is 19.8 Å². The first-order valence-electron chi connectivity index (χ1n) is 7.64. The van der Waals surface area contributed by atoms with Gasteiger partial charge in [0.1, 0.15) is 4.88 Å². The Morgan fingerprint density at radius 2 is 1.81 bits per heavy atom. The molecule has 0 unspecified atom stereocenters. The van der Waals surface area contributed by atoms with E-state index in [0.717, 1.165) is 11.4 Å². The van der Waals surface area contributed by atoms with Crippen molar-refractivity contribution in [3.05, 3.63) is 50.9 Å². The molecule has 0 saturated carbocycles. The van der Waals surface area contributed by atoms with Crippen molar-refractivity contribution in [1.29, 1.82) is 0 Å². The number of thiophene rings is 1. The van der Waals surface area contributed by atoms with Gasteiger partial charge in [0, 0.05) is 18.6 Å². The van der Waals surface area contributed by atoms with Crippen molar-refractivity contribution in [3.8, 4) is 0 Å². The maximum Gasteiger partial charge on any atom is 0.348 e. The van der Waals surface area contributed by atoms with Gasteiger partial charge in [-0.25, -0.2) is 18.0 Å². The summed E-state index contributed by atoms with van der Waals surface area (Å²) in [5.74, 6) is -1.56. The molecule has 0 amide bonds. The summed E-state index contributed by atoms with van der Waals surface area (Å²) in [6.07, 6.45) is 0. The Morgan fingerprint density at radius 3 is 2.37 bits per heavy atom. The number of esters is 2. The Bertz CT molecular complexity index is 983. The fourth-order valence-electron chi connectivity index (χ4n) is 2.41. The lowest BCUT2D eigenvalue weighted by atomic mass is 10.2. The minimum atomic E-state index is -4.08. The highest BCUT2D eigenvalue weighted by Crippen LogP contribution is 2.35. The first-order valence-corrected chi connectivity index (χ1v) is 10.3. The number of carbonyl (C=O) groups excluding carboxylic acids is 2. The minimum absolute atomic E-state index is 0.0348. The van der Waals surface area contributed by atoms with Gasteiger partial charge in [0.2, 0.25) is 0 Å². The Labute approximate surface area is 166 Å². The van der Waals surface area contributed by atoms with Gasteiger partial charge in [-0.3, -0.25) is 0 Å². The third kappa shape index (κ3) is 4.32. The molecule has 0 radical (unpaired) electrons. The minimum Gasteiger partial charge on any atom is -0.465 e. The van der Waals surface area contributed by atoms with Crippen LogP contribution < -0.4 is 0 Å². The molecule has 0 aliphatic carbocycles. The SMILES string of the molecule is COC(=O)c1sc(S(=O)(=O)N(C)Cc2cccc(Cl)c2)c(C(=O)OC)c1C. The van der Waals surface area contributed by atoms with E-state index in [4.69, 9.17) is 16.3 Å². The quantitative estimate of drug-likeness (QED) is 0.653. The van der Waals surface area contributed by atoms with Crippen LogP contribution in [-0.2, 0) is 26.0 Å². The number of carbonyl (C=O) groups is 2. The summed E-state index contributed by atoms with van der Waals surface area (Å²) in [6.45, 7) is 1.51. The van der Waals surface area contributed by atoms with Crippen molar-refractivity contribution in [2.45, 2.75) is 17.7 Å². The standard InChI is InChI=1S/C17H18ClNO6S2/c1-10-13(15(20)24-3)17(26-14(10)16(21)25-4)27(22,23)19(2)9-11-6-5-7-12(18)8-11/h5-8H,9H2,1-4H3. The number of benzene rings is 1. The van der Waals surface area contributed by atoms with Crippen LogP contribution >= 0.6 is 22.9 Å². The van der Waals surface area contributed by atoms with Gasteiger partial charge < -0.3 is 9.47 Å². The molecular weight excluding hydrogens is 414 g/mol. The van der Waals surface area contributed by atoms with Crippen LogP contribution in [0.4, 0.5) is 0 Å². The molecule has 0 aliphatic rings. The fourth-order valence-corrected chi connectivity index (χ4v) is 5.72. The predicted octanol–water partition coefficient (Wildman–Crippen LogP) is 3.10. The smallest absolute Gasteiger partial charge is 0.348 e. The largest absolute Gasteiger partial charge is 0.465 e. The molecule has 10 heteroatoms. The lowest BCUT2D eigenvalue weighted by Gasteiger charge is -2.17. The summed E-state index contributed by atoms with van der Waals surface area (Å²) >= 11 is 6.62. The molecule has 0 fully saturated rings. The van der Waals surface area contributed by atoms with Crippen molar-refractivity contribution in [3.63, 3.8) is 0 Å². The average molecular weight is 432 g/mol. The van der Waals surface area contributed by atoms with E-state index in [1.165, 1.54) is 21.1 Å². The fraction of sp³-hybridized carbons (Fsp3) is 0.294. The summed E-state index contributed by atoms with van der Waals surface area (Å²) in [4.78, 5) is 24.2. The molecule has 0 aliphatic heterocycles. The summed E-state index contributed by atoms with van der Waals surface area (Å²) in [7, 11) is -0.378. The van der Waals surface area contributed by atoms with E-state index in [1.54, 1.807) is 24.3 Å². The Morgan fingerprint density at radius 1 is 1.19 bits per heavy atom. The number of halogens is 1. The highest BCUT2D eigenvalue weighted by molar-refractivity contribution is 7.91. The van der Waals surface area contributed by atoms with E-state index in [-0.39, 0.29) is 26.8 Å². The van der Waals surface area contributed by atoms with Crippen LogP contribution in [0.1, 0.15) is 31.2 Å². The van der Waals surface area contributed by atoms with Gasteiger partial charge in [0.25, 0.3) is 10.0 Å². The Hall–Kier alpha value is -1.94. The monoisotopic (exact) mass is 431 g/mol. The van der Waals surface area contributed by atoms with Gasteiger partial charge in [-0.05, 0) is 30.2 Å². The van der Waals surface area contributed by atoms with Gasteiger partial charge in [-0.15, -0.1) is 11.3 Å². The molecule has 7 nitrogen and oxygen atoms in total. The van der Waals surface area contributed by atoms with Crippen LogP contribution in [0.2, 0.25) is 5.02 Å². The van der Waals surface area contributed by atoms with Crippen LogP contribution in [0.3, 0.4) is 0 Å². The molecule has 0 N–H and O–H groups in total. The van der Waals surface area contributed by atoms with Crippen LogP contribution in [-0.4, -0.2) is 45.9 Å². The van der Waals surface area contributed by atoms with E-state index in [1.807, 2.05) is 0 Å². The van der Waals surface area contributed by atoms with Crippen LogP contribution in [0.5, 0.6) is 0 Å². The van der Waals surface area contributed by atoms with Crippen LogP contribution in [0, 0.1) is 6.92 Å². The molecule has 0 saturated heterocycles. The van der Waals surface area contributed by atoms with Crippen molar-refractivity contribution >= 4 is 44.9 Å². The Kier molecular flexibility index (Phi) is 6.63. The Balaban J connectivity index is 2.53. The number of hydrogen-bond donors (Lipinski definition) is 0. The number of rotatable bonds is 6. The van der Waals surface area contributed by atoms with Crippen molar-refractivity contribution in [2.24, 2.45) is 0 Å². The molecule has 2 rings (SSSR count). The van der Waals surface area contributed by atoms with Gasteiger partial charge in [-0.2, -0.15) is 4.31 Å². The number of hydrogen-bond acceptors (Lipinski definition) is 7. The van der Waals surface area contributed by atoms with E-state index in [0.29, 0.717) is 21.9 Å². The summed E-state index contributed by atoms with van der Waals surface area (Å²) < 4.78 is 36.4. The summed E-state index contributed by atoms with van der Waals surface area (Å²) in [6, 6.07) is 6.77. The maximum absolute atomic E-state index is 13.1. The topological polar surface area (TPSA) is 90.0 Å². The van der Waals surface area contributed by atoms with Gasteiger partial charge in [0.15, 0.2) is 4.21 Å². The zero-order chi connectivity index (χ0) is 20.4. The molecule has 2 aromatic rings. The first-order chi connectivity index (χ1) is 12.6. The highest BCUT2D eigenvalue weighted by atomic mass is 35.5. The number of sulfonamides is 1. The summed E-state index contributed by atoms with van der Waals surface area (Å²) in [5, 5.41) is 0.480. The van der Waals surface area contributed by atoms with Crippen molar-refractivity contribution in [1.82, 2.24) is 4.31 Å². The van der Waals surface area contributed by atoms with Gasteiger partial charge >= 0.3 is 11.9 Å².